The van der Waals surface area contributed by atoms with Gasteiger partial charge in [-0.3, -0.25) is 4.79 Å². The van der Waals surface area contributed by atoms with Gasteiger partial charge in [-0.25, -0.2) is 4.98 Å². The fraction of sp³-hybridized carbons (Fsp3) is 0.333. The summed E-state index contributed by atoms with van der Waals surface area (Å²) < 4.78 is 17.6. The van der Waals surface area contributed by atoms with Crippen LogP contribution in [-0.4, -0.2) is 47.7 Å². The number of carbonyl (C=O) groups excluding carboxylic acids is 1. The zero-order valence-electron chi connectivity index (χ0n) is 14.8. The molecule has 1 unspecified atom stereocenters. The molecule has 1 spiro atoms. The average Bonchev–Trinajstić information content (AvgIpc) is 3.29. The SMILES string of the molecule is O=C(c1cc2ccccc2o1)N1CC2(C1)OCCC2COc1ccccn1. The van der Waals surface area contributed by atoms with Crippen LogP contribution in [0.5, 0.6) is 5.88 Å². The van der Waals surface area contributed by atoms with Crippen LogP contribution >= 0.6 is 0 Å². The van der Waals surface area contributed by atoms with E-state index in [1.165, 1.54) is 0 Å². The van der Waals surface area contributed by atoms with Gasteiger partial charge in [0.25, 0.3) is 5.91 Å². The molecule has 1 amide bonds. The summed E-state index contributed by atoms with van der Waals surface area (Å²) in [7, 11) is 0. The number of amides is 1. The minimum atomic E-state index is -0.309. The number of carbonyl (C=O) groups is 1. The van der Waals surface area contributed by atoms with Gasteiger partial charge < -0.3 is 18.8 Å². The van der Waals surface area contributed by atoms with Crippen molar-refractivity contribution in [3.63, 3.8) is 0 Å². The van der Waals surface area contributed by atoms with Crippen molar-refractivity contribution in [1.29, 1.82) is 0 Å². The highest BCUT2D eigenvalue weighted by Crippen LogP contribution is 2.41. The van der Waals surface area contributed by atoms with Gasteiger partial charge in [0.05, 0.1) is 19.7 Å². The predicted octanol–water partition coefficient (Wildman–Crippen LogP) is 3.14. The number of para-hydroxylation sites is 1. The number of benzene rings is 1. The Labute approximate surface area is 156 Å². The lowest BCUT2D eigenvalue weighted by molar-refractivity contribution is -0.122. The molecule has 6 nitrogen and oxygen atoms in total. The van der Waals surface area contributed by atoms with Crippen LogP contribution in [0.4, 0.5) is 0 Å². The van der Waals surface area contributed by atoms with Gasteiger partial charge >= 0.3 is 0 Å². The maximum absolute atomic E-state index is 12.8. The third-order valence-electron chi connectivity index (χ3n) is 5.51. The number of pyridine rings is 1. The van der Waals surface area contributed by atoms with Gasteiger partial charge in [-0.05, 0) is 24.6 Å². The van der Waals surface area contributed by atoms with E-state index in [0.717, 1.165) is 17.4 Å². The second-order valence-corrected chi connectivity index (χ2v) is 7.19. The van der Waals surface area contributed by atoms with Crippen LogP contribution in [0.15, 0.2) is 59.1 Å². The number of nitrogens with zero attached hydrogens (tertiary/aromatic N) is 2. The molecular formula is C21H20N2O4. The molecule has 3 aromatic rings. The molecule has 2 aromatic heterocycles. The second-order valence-electron chi connectivity index (χ2n) is 7.19. The molecule has 27 heavy (non-hydrogen) atoms. The topological polar surface area (TPSA) is 64.8 Å². The summed E-state index contributed by atoms with van der Waals surface area (Å²) in [6.07, 6.45) is 2.65. The summed E-state index contributed by atoms with van der Waals surface area (Å²) in [6.45, 7) is 2.38. The van der Waals surface area contributed by atoms with E-state index in [-0.39, 0.29) is 17.4 Å². The minimum Gasteiger partial charge on any atom is -0.477 e. The van der Waals surface area contributed by atoms with E-state index in [9.17, 15) is 4.79 Å². The maximum atomic E-state index is 12.8. The van der Waals surface area contributed by atoms with Crippen molar-refractivity contribution in [2.75, 3.05) is 26.3 Å². The lowest BCUT2D eigenvalue weighted by Crippen LogP contribution is -2.66. The number of hydrogen-bond acceptors (Lipinski definition) is 5. The molecule has 0 radical (unpaired) electrons. The monoisotopic (exact) mass is 364 g/mol. The Hall–Kier alpha value is -2.86. The maximum Gasteiger partial charge on any atom is 0.289 e. The molecule has 0 N–H and O–H groups in total. The fourth-order valence-electron chi connectivity index (χ4n) is 3.98. The van der Waals surface area contributed by atoms with Crippen molar-refractivity contribution in [2.24, 2.45) is 5.92 Å². The molecule has 0 bridgehead atoms. The molecule has 2 aliphatic rings. The van der Waals surface area contributed by atoms with Crippen molar-refractivity contribution >= 4 is 16.9 Å². The molecule has 4 heterocycles. The van der Waals surface area contributed by atoms with E-state index in [4.69, 9.17) is 13.9 Å². The normalized spacial score (nSPS) is 20.7. The molecule has 0 aliphatic carbocycles. The van der Waals surface area contributed by atoms with Gasteiger partial charge in [0.15, 0.2) is 5.76 Å². The number of furan rings is 1. The van der Waals surface area contributed by atoms with Crippen LogP contribution in [0.25, 0.3) is 11.0 Å². The lowest BCUT2D eigenvalue weighted by atomic mass is 9.81. The molecule has 1 aromatic carbocycles. The molecule has 6 heteroatoms. The quantitative estimate of drug-likeness (QED) is 0.712. The Morgan fingerprint density at radius 1 is 1.22 bits per heavy atom. The zero-order valence-corrected chi connectivity index (χ0v) is 14.8. The lowest BCUT2D eigenvalue weighted by Gasteiger charge is -2.49. The van der Waals surface area contributed by atoms with Crippen molar-refractivity contribution in [3.8, 4) is 5.88 Å². The Morgan fingerprint density at radius 2 is 2.07 bits per heavy atom. The van der Waals surface area contributed by atoms with Crippen LogP contribution in [0.2, 0.25) is 0 Å². The first kappa shape index (κ1) is 16.3. The van der Waals surface area contributed by atoms with E-state index in [1.807, 2.05) is 42.5 Å². The summed E-state index contributed by atoms with van der Waals surface area (Å²) in [5, 5.41) is 0.940. The highest BCUT2D eigenvalue weighted by atomic mass is 16.5. The summed E-state index contributed by atoms with van der Waals surface area (Å²) in [5.74, 6) is 1.16. The Bertz CT molecular complexity index is 929. The van der Waals surface area contributed by atoms with Crippen LogP contribution in [0.1, 0.15) is 17.0 Å². The first-order valence-electron chi connectivity index (χ1n) is 9.19. The highest BCUT2D eigenvalue weighted by Gasteiger charge is 2.55. The molecule has 138 valence electrons. The Balaban J connectivity index is 1.24. The third-order valence-corrected chi connectivity index (χ3v) is 5.51. The number of rotatable bonds is 4. The van der Waals surface area contributed by atoms with Gasteiger partial charge in [-0.2, -0.15) is 0 Å². The van der Waals surface area contributed by atoms with Crippen LogP contribution in [0, 0.1) is 5.92 Å². The Kier molecular flexibility index (Phi) is 3.86. The second kappa shape index (κ2) is 6.39. The standard InChI is InChI=1S/C21H20N2O4/c24-20(18-11-15-5-1-2-6-17(15)27-18)23-13-21(14-23)16(8-10-26-21)12-25-19-7-3-4-9-22-19/h1-7,9,11,16H,8,10,12-14H2. The van der Waals surface area contributed by atoms with Gasteiger partial charge in [0, 0.05) is 30.2 Å². The fourth-order valence-corrected chi connectivity index (χ4v) is 3.98. The third kappa shape index (κ3) is 2.86. The molecule has 0 saturated carbocycles. The largest absolute Gasteiger partial charge is 0.477 e. The van der Waals surface area contributed by atoms with Crippen LogP contribution in [-0.2, 0) is 4.74 Å². The zero-order chi connectivity index (χ0) is 18.3. The molecule has 2 saturated heterocycles. The predicted molar refractivity (Wildman–Crippen MR) is 98.6 cm³/mol. The van der Waals surface area contributed by atoms with Crippen molar-refractivity contribution in [1.82, 2.24) is 9.88 Å². The van der Waals surface area contributed by atoms with Crippen molar-refractivity contribution in [3.05, 3.63) is 60.5 Å². The summed E-state index contributed by atoms with van der Waals surface area (Å²) >= 11 is 0. The smallest absolute Gasteiger partial charge is 0.289 e. The molecular weight excluding hydrogens is 344 g/mol. The van der Waals surface area contributed by atoms with E-state index in [1.54, 1.807) is 17.2 Å². The van der Waals surface area contributed by atoms with Crippen molar-refractivity contribution in [2.45, 2.75) is 12.0 Å². The van der Waals surface area contributed by atoms with E-state index < -0.39 is 0 Å². The average molecular weight is 364 g/mol. The number of likely N-dealkylation sites (tertiary alicyclic amines) is 1. The van der Waals surface area contributed by atoms with E-state index in [2.05, 4.69) is 4.98 Å². The van der Waals surface area contributed by atoms with Gasteiger partial charge in [-0.15, -0.1) is 0 Å². The van der Waals surface area contributed by atoms with Crippen LogP contribution in [0.3, 0.4) is 0 Å². The van der Waals surface area contributed by atoms with Gasteiger partial charge in [0.2, 0.25) is 5.88 Å². The van der Waals surface area contributed by atoms with Gasteiger partial charge in [0.1, 0.15) is 11.2 Å². The van der Waals surface area contributed by atoms with Gasteiger partial charge in [-0.1, -0.05) is 24.3 Å². The molecule has 2 aliphatic heterocycles. The number of fused-ring (bicyclic) bond motifs is 1. The Morgan fingerprint density at radius 3 is 2.89 bits per heavy atom. The number of ether oxygens (including phenoxy) is 2. The first-order valence-corrected chi connectivity index (χ1v) is 9.19. The molecule has 1 atom stereocenters. The molecule has 5 rings (SSSR count). The van der Waals surface area contributed by atoms with E-state index >= 15 is 0 Å². The number of aromatic nitrogens is 1. The van der Waals surface area contributed by atoms with E-state index in [0.29, 0.717) is 37.9 Å². The van der Waals surface area contributed by atoms with Crippen LogP contribution < -0.4 is 4.74 Å². The summed E-state index contributed by atoms with van der Waals surface area (Å²) in [5.41, 5.74) is 0.422. The summed E-state index contributed by atoms with van der Waals surface area (Å²) in [6, 6.07) is 15.1. The summed E-state index contributed by atoms with van der Waals surface area (Å²) in [4.78, 5) is 18.7. The number of hydrogen-bond donors (Lipinski definition) is 0. The molecule has 2 fully saturated rings. The van der Waals surface area contributed by atoms with Crippen molar-refractivity contribution < 1.29 is 18.7 Å². The first-order chi connectivity index (χ1) is 13.2. The minimum absolute atomic E-state index is 0.0864. The highest BCUT2D eigenvalue weighted by molar-refractivity contribution is 5.96.